The topological polar surface area (TPSA) is 42.7 Å². The van der Waals surface area contributed by atoms with Crippen LogP contribution in [0.4, 0.5) is 5.82 Å². The van der Waals surface area contributed by atoms with Gasteiger partial charge in [0.25, 0.3) is 0 Å². The molecule has 1 N–H and O–H groups in total. The minimum Gasteiger partial charge on any atom is -0.370 e. The molecule has 0 fully saturated rings. The maximum absolute atomic E-state index is 4.44. The third-order valence-corrected chi connectivity index (χ3v) is 3.07. The molecule has 4 heteroatoms. The Morgan fingerprint density at radius 3 is 3.00 bits per heavy atom. The van der Waals surface area contributed by atoms with Crippen molar-refractivity contribution in [1.29, 1.82) is 0 Å². The lowest BCUT2D eigenvalue weighted by atomic mass is 10.2. The molecule has 2 aromatic heterocycles. The lowest BCUT2D eigenvalue weighted by Gasteiger charge is -2.06. The van der Waals surface area contributed by atoms with E-state index in [-0.39, 0.29) is 0 Å². The molecule has 0 saturated heterocycles. The second-order valence-electron chi connectivity index (χ2n) is 4.44. The second-order valence-corrected chi connectivity index (χ2v) is 4.44. The normalized spacial score (nSPS) is 10.8. The molecule has 2 heterocycles. The van der Waals surface area contributed by atoms with Crippen molar-refractivity contribution in [1.82, 2.24) is 14.8 Å². The number of fused-ring (bicyclic) bond motifs is 1. The lowest BCUT2D eigenvalue weighted by molar-refractivity contribution is 0.711. The first kappa shape index (κ1) is 11.7. The Morgan fingerprint density at radius 1 is 1.21 bits per heavy atom. The van der Waals surface area contributed by atoms with Gasteiger partial charge in [0.15, 0.2) is 0 Å². The van der Waals surface area contributed by atoms with Crippen molar-refractivity contribution in [2.24, 2.45) is 0 Å². The summed E-state index contributed by atoms with van der Waals surface area (Å²) in [6.45, 7) is 3.70. The van der Waals surface area contributed by atoms with Gasteiger partial charge < -0.3 is 5.32 Å². The highest BCUT2D eigenvalue weighted by Crippen LogP contribution is 2.15. The number of benzene rings is 1. The third kappa shape index (κ3) is 2.42. The van der Waals surface area contributed by atoms with Crippen molar-refractivity contribution < 1.29 is 0 Å². The van der Waals surface area contributed by atoms with Gasteiger partial charge in [0.1, 0.15) is 5.82 Å². The number of anilines is 1. The van der Waals surface area contributed by atoms with Crippen molar-refractivity contribution in [2.75, 3.05) is 11.9 Å². The molecule has 0 aliphatic carbocycles. The number of rotatable bonds is 4. The average Bonchev–Trinajstić information content (AvgIpc) is 2.83. The Kier molecular flexibility index (Phi) is 3.14. The number of para-hydroxylation sites is 1. The van der Waals surface area contributed by atoms with Gasteiger partial charge in [-0.2, -0.15) is 5.10 Å². The molecule has 1 aromatic carbocycles. The van der Waals surface area contributed by atoms with Gasteiger partial charge in [-0.25, -0.2) is 4.98 Å². The first-order valence-corrected chi connectivity index (χ1v) is 6.46. The fraction of sp³-hybridized carbons (Fsp3) is 0.200. The quantitative estimate of drug-likeness (QED) is 0.776. The van der Waals surface area contributed by atoms with Gasteiger partial charge in [-0.05, 0) is 30.7 Å². The molecule has 0 radical (unpaired) electrons. The SMILES string of the molecule is CCNc1cc(Cn2ncc3ccccc32)ccn1. The van der Waals surface area contributed by atoms with Gasteiger partial charge in [-0.3, -0.25) is 4.68 Å². The molecule has 0 amide bonds. The van der Waals surface area contributed by atoms with Gasteiger partial charge in [0, 0.05) is 18.1 Å². The van der Waals surface area contributed by atoms with E-state index >= 15 is 0 Å². The molecule has 3 aromatic rings. The largest absolute Gasteiger partial charge is 0.370 e. The molecule has 19 heavy (non-hydrogen) atoms. The van der Waals surface area contributed by atoms with Crippen LogP contribution in [0, 0.1) is 0 Å². The zero-order valence-electron chi connectivity index (χ0n) is 10.9. The molecule has 0 saturated carbocycles. The van der Waals surface area contributed by atoms with Crippen molar-refractivity contribution in [3.8, 4) is 0 Å². The Balaban J connectivity index is 1.90. The summed E-state index contributed by atoms with van der Waals surface area (Å²) in [6, 6.07) is 12.3. The number of nitrogens with zero attached hydrogens (tertiary/aromatic N) is 3. The van der Waals surface area contributed by atoms with Gasteiger partial charge in [-0.15, -0.1) is 0 Å². The van der Waals surface area contributed by atoms with Crippen molar-refractivity contribution in [3.05, 3.63) is 54.4 Å². The Morgan fingerprint density at radius 2 is 2.11 bits per heavy atom. The standard InChI is InChI=1S/C15H16N4/c1-2-16-15-9-12(7-8-17-15)11-19-14-6-4-3-5-13(14)10-18-19/h3-10H,2,11H2,1H3,(H,16,17). The van der Waals surface area contributed by atoms with Crippen LogP contribution in [0.25, 0.3) is 10.9 Å². The predicted octanol–water partition coefficient (Wildman–Crippen LogP) is 2.91. The zero-order chi connectivity index (χ0) is 13.1. The van der Waals surface area contributed by atoms with E-state index in [1.807, 2.05) is 35.3 Å². The van der Waals surface area contributed by atoms with Crippen LogP contribution >= 0.6 is 0 Å². The van der Waals surface area contributed by atoms with Crippen LogP contribution < -0.4 is 5.32 Å². The third-order valence-electron chi connectivity index (χ3n) is 3.07. The van der Waals surface area contributed by atoms with Crippen LogP contribution in [0.1, 0.15) is 12.5 Å². The summed E-state index contributed by atoms with van der Waals surface area (Å²) in [5.74, 6) is 0.913. The van der Waals surface area contributed by atoms with Crippen LogP contribution in [0.3, 0.4) is 0 Å². The summed E-state index contributed by atoms with van der Waals surface area (Å²) in [5.41, 5.74) is 2.35. The fourth-order valence-corrected chi connectivity index (χ4v) is 2.18. The summed E-state index contributed by atoms with van der Waals surface area (Å²) >= 11 is 0. The first-order chi connectivity index (χ1) is 9.36. The van der Waals surface area contributed by atoms with Crippen LogP contribution in [0.5, 0.6) is 0 Å². The second kappa shape index (κ2) is 5.10. The van der Waals surface area contributed by atoms with Crippen LogP contribution in [-0.2, 0) is 6.54 Å². The van der Waals surface area contributed by atoms with E-state index in [1.54, 1.807) is 0 Å². The predicted molar refractivity (Wildman–Crippen MR) is 77.2 cm³/mol. The van der Waals surface area contributed by atoms with E-state index in [0.717, 1.165) is 24.4 Å². The maximum atomic E-state index is 4.44. The molecular formula is C15H16N4. The summed E-state index contributed by atoms with van der Waals surface area (Å²) in [5, 5.41) is 8.84. The number of hydrogen-bond acceptors (Lipinski definition) is 3. The van der Waals surface area contributed by atoms with E-state index < -0.39 is 0 Å². The van der Waals surface area contributed by atoms with Crippen molar-refractivity contribution >= 4 is 16.7 Å². The highest BCUT2D eigenvalue weighted by atomic mass is 15.3. The molecule has 0 unspecified atom stereocenters. The summed E-state index contributed by atoms with van der Waals surface area (Å²) in [7, 11) is 0. The highest BCUT2D eigenvalue weighted by Gasteiger charge is 2.03. The summed E-state index contributed by atoms with van der Waals surface area (Å²) in [4.78, 5) is 4.28. The molecular weight excluding hydrogens is 236 g/mol. The monoisotopic (exact) mass is 252 g/mol. The Hall–Kier alpha value is -2.36. The molecule has 0 spiro atoms. The molecule has 96 valence electrons. The lowest BCUT2D eigenvalue weighted by Crippen LogP contribution is -2.04. The van der Waals surface area contributed by atoms with Crippen LogP contribution in [0.15, 0.2) is 48.8 Å². The van der Waals surface area contributed by atoms with E-state index in [0.29, 0.717) is 0 Å². The number of hydrogen-bond donors (Lipinski definition) is 1. The van der Waals surface area contributed by atoms with E-state index in [9.17, 15) is 0 Å². The molecule has 0 atom stereocenters. The number of pyridine rings is 1. The number of nitrogens with one attached hydrogen (secondary N) is 1. The van der Waals surface area contributed by atoms with E-state index in [1.165, 1.54) is 10.9 Å². The van der Waals surface area contributed by atoms with Gasteiger partial charge >= 0.3 is 0 Å². The van der Waals surface area contributed by atoms with E-state index in [4.69, 9.17) is 0 Å². The van der Waals surface area contributed by atoms with Gasteiger partial charge in [0.05, 0.1) is 18.3 Å². The smallest absolute Gasteiger partial charge is 0.126 e. The maximum Gasteiger partial charge on any atom is 0.126 e. The Bertz CT molecular complexity index is 687. The Labute approximate surface area is 112 Å². The van der Waals surface area contributed by atoms with Crippen molar-refractivity contribution in [2.45, 2.75) is 13.5 Å². The molecule has 3 rings (SSSR count). The first-order valence-electron chi connectivity index (χ1n) is 6.46. The van der Waals surface area contributed by atoms with Crippen molar-refractivity contribution in [3.63, 3.8) is 0 Å². The number of aromatic nitrogens is 3. The van der Waals surface area contributed by atoms with Gasteiger partial charge in [-0.1, -0.05) is 18.2 Å². The zero-order valence-corrected chi connectivity index (χ0v) is 10.9. The molecule has 4 nitrogen and oxygen atoms in total. The molecule has 0 aliphatic rings. The minimum atomic E-state index is 0.758. The summed E-state index contributed by atoms with van der Waals surface area (Å²) < 4.78 is 2.01. The molecule has 0 bridgehead atoms. The minimum absolute atomic E-state index is 0.758. The molecule has 0 aliphatic heterocycles. The summed E-state index contributed by atoms with van der Waals surface area (Å²) in [6.07, 6.45) is 3.74. The van der Waals surface area contributed by atoms with Gasteiger partial charge in [0.2, 0.25) is 0 Å². The highest BCUT2D eigenvalue weighted by molar-refractivity contribution is 5.78. The van der Waals surface area contributed by atoms with Crippen LogP contribution in [-0.4, -0.2) is 21.3 Å². The fourth-order valence-electron chi connectivity index (χ4n) is 2.18. The van der Waals surface area contributed by atoms with Crippen LogP contribution in [0.2, 0.25) is 0 Å². The average molecular weight is 252 g/mol. The van der Waals surface area contributed by atoms with E-state index in [2.05, 4.69) is 40.5 Å².